The smallest absolute Gasteiger partial charge is 0.117 e. The van der Waals surface area contributed by atoms with Gasteiger partial charge < -0.3 is 20.8 Å². The van der Waals surface area contributed by atoms with Crippen LogP contribution in [-0.2, 0) is 0 Å². The minimum Gasteiger partial charge on any atom is -0.508 e. The van der Waals surface area contributed by atoms with E-state index in [9.17, 15) is 10.2 Å². The van der Waals surface area contributed by atoms with E-state index >= 15 is 0 Å². The molecule has 4 heteroatoms. The zero-order valence-electron chi connectivity index (χ0n) is 11.8. The lowest BCUT2D eigenvalue weighted by molar-refractivity contribution is 0.475. The number of hydrogen-bond donors (Lipinski definition) is 4. The first-order valence-electron chi connectivity index (χ1n) is 6.91. The Hall–Kier alpha value is -3.14. The molecule has 0 spiro atoms. The molecular weight excluding hydrogens is 276 g/mol. The molecule has 0 saturated carbocycles. The first-order chi connectivity index (χ1) is 10.7. The fourth-order valence-corrected chi connectivity index (χ4v) is 2.18. The zero-order valence-corrected chi connectivity index (χ0v) is 11.8. The molecule has 0 saturated heterocycles. The zero-order chi connectivity index (χ0) is 15.4. The normalized spacial score (nSPS) is 10.2. The van der Waals surface area contributed by atoms with E-state index in [2.05, 4.69) is 10.6 Å². The van der Waals surface area contributed by atoms with Crippen LogP contribution < -0.4 is 10.6 Å². The van der Waals surface area contributed by atoms with Crippen LogP contribution in [0.15, 0.2) is 72.8 Å². The summed E-state index contributed by atoms with van der Waals surface area (Å²) in [6.45, 7) is 0. The molecule has 0 aromatic heterocycles. The topological polar surface area (TPSA) is 64.5 Å². The molecule has 0 aliphatic rings. The van der Waals surface area contributed by atoms with Crippen molar-refractivity contribution in [3.63, 3.8) is 0 Å². The lowest BCUT2D eigenvalue weighted by Crippen LogP contribution is -1.93. The van der Waals surface area contributed by atoms with Crippen molar-refractivity contribution in [2.45, 2.75) is 0 Å². The molecule has 4 N–H and O–H groups in total. The van der Waals surface area contributed by atoms with E-state index in [1.807, 2.05) is 36.4 Å². The standard InChI is InChI=1S/C18H16N2O2/c21-17-8-2-6-15(11-17)19-13-4-1-5-14(10-13)20-16-7-3-9-18(22)12-16/h1-12,19-22H. The summed E-state index contributed by atoms with van der Waals surface area (Å²) >= 11 is 0. The second-order valence-electron chi connectivity index (χ2n) is 4.93. The Morgan fingerprint density at radius 2 is 0.864 bits per heavy atom. The SMILES string of the molecule is Oc1cccc(Nc2cccc(Nc3cccc(O)c3)c2)c1. The highest BCUT2D eigenvalue weighted by Gasteiger charge is 2.00. The van der Waals surface area contributed by atoms with Crippen LogP contribution in [0.5, 0.6) is 11.5 Å². The third kappa shape index (κ3) is 3.49. The summed E-state index contributed by atoms with van der Waals surface area (Å²) in [5.74, 6) is 0.443. The van der Waals surface area contributed by atoms with Crippen LogP contribution in [0.1, 0.15) is 0 Å². The van der Waals surface area contributed by atoms with Crippen LogP contribution in [0.3, 0.4) is 0 Å². The van der Waals surface area contributed by atoms with E-state index in [4.69, 9.17) is 0 Å². The molecule has 0 aliphatic carbocycles. The van der Waals surface area contributed by atoms with Gasteiger partial charge in [-0.2, -0.15) is 0 Å². The number of hydrogen-bond acceptors (Lipinski definition) is 4. The third-order valence-electron chi connectivity index (χ3n) is 3.13. The van der Waals surface area contributed by atoms with Crippen molar-refractivity contribution in [2.24, 2.45) is 0 Å². The number of aromatic hydroxyl groups is 2. The van der Waals surface area contributed by atoms with E-state index in [1.54, 1.807) is 36.4 Å². The van der Waals surface area contributed by atoms with Gasteiger partial charge in [0.05, 0.1) is 0 Å². The van der Waals surface area contributed by atoms with Crippen molar-refractivity contribution in [1.29, 1.82) is 0 Å². The lowest BCUT2D eigenvalue weighted by atomic mass is 10.2. The summed E-state index contributed by atoms with van der Waals surface area (Å²) in [5.41, 5.74) is 3.43. The molecular formula is C18H16N2O2. The Bertz CT molecular complexity index is 725. The average Bonchev–Trinajstić information content (AvgIpc) is 2.47. The van der Waals surface area contributed by atoms with Gasteiger partial charge in [-0.25, -0.2) is 0 Å². The molecule has 0 heterocycles. The largest absolute Gasteiger partial charge is 0.508 e. The van der Waals surface area contributed by atoms with Gasteiger partial charge in [0.1, 0.15) is 11.5 Å². The maximum Gasteiger partial charge on any atom is 0.117 e. The molecule has 0 bridgehead atoms. The van der Waals surface area contributed by atoms with Crippen LogP contribution in [0, 0.1) is 0 Å². The van der Waals surface area contributed by atoms with Gasteiger partial charge >= 0.3 is 0 Å². The number of rotatable bonds is 4. The van der Waals surface area contributed by atoms with E-state index in [0.717, 1.165) is 22.7 Å². The van der Waals surface area contributed by atoms with Gasteiger partial charge in [-0.05, 0) is 42.5 Å². The minimum absolute atomic E-state index is 0.221. The number of phenols is 2. The highest BCUT2D eigenvalue weighted by Crippen LogP contribution is 2.25. The van der Waals surface area contributed by atoms with Crippen LogP contribution in [-0.4, -0.2) is 10.2 Å². The number of nitrogens with one attached hydrogen (secondary N) is 2. The van der Waals surface area contributed by atoms with Crippen LogP contribution in [0.25, 0.3) is 0 Å². The fraction of sp³-hybridized carbons (Fsp3) is 0. The predicted molar refractivity (Wildman–Crippen MR) is 89.2 cm³/mol. The van der Waals surface area contributed by atoms with Crippen molar-refractivity contribution in [2.75, 3.05) is 10.6 Å². The van der Waals surface area contributed by atoms with Crippen molar-refractivity contribution in [3.05, 3.63) is 72.8 Å². The van der Waals surface area contributed by atoms with E-state index in [-0.39, 0.29) is 11.5 Å². The van der Waals surface area contributed by atoms with E-state index < -0.39 is 0 Å². The monoisotopic (exact) mass is 292 g/mol. The molecule has 3 rings (SSSR count). The van der Waals surface area contributed by atoms with Gasteiger partial charge in [0.15, 0.2) is 0 Å². The summed E-state index contributed by atoms with van der Waals surface area (Å²) in [6, 6.07) is 21.7. The van der Waals surface area contributed by atoms with Gasteiger partial charge in [-0.15, -0.1) is 0 Å². The third-order valence-corrected chi connectivity index (χ3v) is 3.13. The molecule has 22 heavy (non-hydrogen) atoms. The highest BCUT2D eigenvalue weighted by atomic mass is 16.3. The summed E-state index contributed by atoms with van der Waals surface area (Å²) in [5, 5.41) is 25.4. The number of anilines is 4. The second-order valence-corrected chi connectivity index (χ2v) is 4.93. The van der Waals surface area contributed by atoms with Crippen molar-refractivity contribution >= 4 is 22.7 Å². The van der Waals surface area contributed by atoms with Crippen molar-refractivity contribution in [1.82, 2.24) is 0 Å². The van der Waals surface area contributed by atoms with Gasteiger partial charge in [0, 0.05) is 34.9 Å². The molecule has 4 nitrogen and oxygen atoms in total. The highest BCUT2D eigenvalue weighted by molar-refractivity contribution is 5.69. The van der Waals surface area contributed by atoms with Gasteiger partial charge in [-0.3, -0.25) is 0 Å². The Balaban J connectivity index is 1.78. The number of phenolic OH excluding ortho intramolecular Hbond substituents is 2. The number of benzene rings is 3. The van der Waals surface area contributed by atoms with Gasteiger partial charge in [-0.1, -0.05) is 18.2 Å². The van der Waals surface area contributed by atoms with Crippen molar-refractivity contribution < 1.29 is 10.2 Å². The Morgan fingerprint density at radius 1 is 0.500 bits per heavy atom. The molecule has 0 aliphatic heterocycles. The van der Waals surface area contributed by atoms with E-state index in [0.29, 0.717) is 0 Å². The Kier molecular flexibility index (Phi) is 3.83. The van der Waals surface area contributed by atoms with Crippen LogP contribution in [0.2, 0.25) is 0 Å². The van der Waals surface area contributed by atoms with Crippen molar-refractivity contribution in [3.8, 4) is 11.5 Å². The Morgan fingerprint density at radius 3 is 1.27 bits per heavy atom. The summed E-state index contributed by atoms with van der Waals surface area (Å²) in [7, 11) is 0. The summed E-state index contributed by atoms with van der Waals surface area (Å²) < 4.78 is 0. The maximum atomic E-state index is 9.49. The Labute approximate surface area is 128 Å². The average molecular weight is 292 g/mol. The molecule has 3 aromatic carbocycles. The first-order valence-corrected chi connectivity index (χ1v) is 6.91. The molecule has 110 valence electrons. The molecule has 0 unspecified atom stereocenters. The molecule has 3 aromatic rings. The first kappa shape index (κ1) is 13.8. The minimum atomic E-state index is 0.221. The predicted octanol–water partition coefficient (Wildman–Crippen LogP) is 4.59. The summed E-state index contributed by atoms with van der Waals surface area (Å²) in [4.78, 5) is 0. The van der Waals surface area contributed by atoms with Crippen LogP contribution >= 0.6 is 0 Å². The van der Waals surface area contributed by atoms with Gasteiger partial charge in [0.25, 0.3) is 0 Å². The molecule has 0 radical (unpaired) electrons. The van der Waals surface area contributed by atoms with E-state index in [1.165, 1.54) is 0 Å². The molecule has 0 atom stereocenters. The fourth-order valence-electron chi connectivity index (χ4n) is 2.18. The van der Waals surface area contributed by atoms with Crippen LogP contribution in [0.4, 0.5) is 22.7 Å². The lowest BCUT2D eigenvalue weighted by Gasteiger charge is -2.11. The molecule has 0 amide bonds. The molecule has 0 fully saturated rings. The van der Waals surface area contributed by atoms with Gasteiger partial charge in [0.2, 0.25) is 0 Å². The second kappa shape index (κ2) is 6.10. The maximum absolute atomic E-state index is 9.49. The quantitative estimate of drug-likeness (QED) is 0.568. The summed E-state index contributed by atoms with van der Waals surface area (Å²) in [6.07, 6.45) is 0.